The number of fused-ring (bicyclic) bond motifs is 1. The van der Waals surface area contributed by atoms with Crippen molar-refractivity contribution >= 4 is 22.9 Å². The molecule has 3 heteroatoms. The number of hydrogen-bond acceptors (Lipinski definition) is 2. The largest absolute Gasteiger partial charge is 0.311 e. The molecule has 0 bridgehead atoms. The second kappa shape index (κ2) is 3.25. The van der Waals surface area contributed by atoms with E-state index >= 15 is 0 Å². The highest BCUT2D eigenvalue weighted by molar-refractivity contribution is 7.13. The number of aryl methyl sites for hydroxylation is 1. The van der Waals surface area contributed by atoms with Crippen LogP contribution >= 0.6 is 11.3 Å². The third-order valence-electron chi connectivity index (χ3n) is 2.53. The summed E-state index contributed by atoms with van der Waals surface area (Å²) >= 11 is 1.57. The van der Waals surface area contributed by atoms with Gasteiger partial charge in [-0.25, -0.2) is 0 Å². The van der Waals surface area contributed by atoms with Gasteiger partial charge in [-0.15, -0.1) is 17.3 Å². The molecule has 1 amide bonds. The Kier molecular flexibility index (Phi) is 2.17. The molecule has 0 aromatic carbocycles. The minimum atomic E-state index is 0.0112. The maximum atomic E-state index is 11.9. The monoisotopic (exact) mass is 217 g/mol. The van der Waals surface area contributed by atoms with Gasteiger partial charge >= 0.3 is 0 Å². The van der Waals surface area contributed by atoms with Gasteiger partial charge < -0.3 is 4.90 Å². The minimum Gasteiger partial charge on any atom is -0.311 e. The molecule has 0 radical (unpaired) electrons. The van der Waals surface area contributed by atoms with Gasteiger partial charge in [0.15, 0.2) is 0 Å². The van der Waals surface area contributed by atoms with Crippen LogP contribution in [-0.2, 0) is 0 Å². The highest BCUT2D eigenvalue weighted by Gasteiger charge is 2.33. The van der Waals surface area contributed by atoms with Crippen molar-refractivity contribution in [2.45, 2.75) is 13.8 Å². The van der Waals surface area contributed by atoms with E-state index in [1.54, 1.807) is 30.2 Å². The second-order valence-electron chi connectivity index (χ2n) is 3.42. The third kappa shape index (κ3) is 1.22. The van der Waals surface area contributed by atoms with E-state index in [9.17, 15) is 4.79 Å². The van der Waals surface area contributed by atoms with Crippen molar-refractivity contribution in [1.82, 2.24) is 4.90 Å². The summed E-state index contributed by atoms with van der Waals surface area (Å²) in [7, 11) is 1.75. The molecule has 15 heavy (non-hydrogen) atoms. The fraction of sp³-hybridized carbons (Fsp3) is 0.250. The Labute approximate surface area is 93.2 Å². The zero-order valence-electron chi connectivity index (χ0n) is 8.97. The molecule has 2 heterocycles. The first-order chi connectivity index (χ1) is 7.07. The molecule has 0 atom stereocenters. The van der Waals surface area contributed by atoms with Crippen LogP contribution in [0.5, 0.6) is 0 Å². The predicted octanol–water partition coefficient (Wildman–Crippen LogP) is 2.48. The van der Waals surface area contributed by atoms with Crippen molar-refractivity contribution < 1.29 is 4.79 Å². The Balaban J connectivity index is 2.74. The lowest BCUT2D eigenvalue weighted by Gasteiger charge is -2.09. The Hall–Kier alpha value is -1.53. The summed E-state index contributed by atoms with van der Waals surface area (Å²) in [6.07, 6.45) is 0. The van der Waals surface area contributed by atoms with E-state index in [1.807, 2.05) is 6.92 Å². The molecule has 0 saturated carbocycles. The van der Waals surface area contributed by atoms with Crippen LogP contribution in [0.25, 0.3) is 5.70 Å². The molecule has 0 N–H and O–H groups in total. The van der Waals surface area contributed by atoms with Crippen molar-refractivity contribution in [2.24, 2.45) is 0 Å². The van der Waals surface area contributed by atoms with Gasteiger partial charge in [0.1, 0.15) is 0 Å². The van der Waals surface area contributed by atoms with Gasteiger partial charge in [-0.3, -0.25) is 4.79 Å². The second-order valence-corrected chi connectivity index (χ2v) is 4.65. The molecule has 1 aliphatic rings. The van der Waals surface area contributed by atoms with Crippen molar-refractivity contribution in [3.8, 4) is 11.8 Å². The van der Waals surface area contributed by atoms with E-state index in [4.69, 9.17) is 0 Å². The lowest BCUT2D eigenvalue weighted by atomic mass is 10.1. The zero-order valence-corrected chi connectivity index (χ0v) is 9.79. The molecule has 1 aromatic heterocycles. The normalized spacial score (nSPS) is 13.9. The zero-order chi connectivity index (χ0) is 11.2. The van der Waals surface area contributed by atoms with Crippen LogP contribution < -0.4 is 0 Å². The first-order valence-electron chi connectivity index (χ1n) is 4.61. The minimum absolute atomic E-state index is 0.0112. The van der Waals surface area contributed by atoms with E-state index in [-0.39, 0.29) is 5.91 Å². The van der Waals surface area contributed by atoms with Gasteiger partial charge in [0.2, 0.25) is 0 Å². The first kappa shape index (κ1) is 10.0. The van der Waals surface area contributed by atoms with Crippen LogP contribution in [0.3, 0.4) is 0 Å². The van der Waals surface area contributed by atoms with Gasteiger partial charge in [0.25, 0.3) is 5.91 Å². The predicted molar refractivity (Wildman–Crippen MR) is 62.7 cm³/mol. The standard InChI is InChI=1S/C12H11NOS/c1-5-6-9-11-10(8(3)15-9)7(2)13(4)12(11)14/h2H2,1,3-4H3. The average molecular weight is 217 g/mol. The Morgan fingerprint density at radius 3 is 2.67 bits per heavy atom. The van der Waals surface area contributed by atoms with E-state index in [0.717, 1.165) is 26.6 Å². The smallest absolute Gasteiger partial charge is 0.260 e. The lowest BCUT2D eigenvalue weighted by molar-refractivity contribution is 0.0875. The molecule has 0 unspecified atom stereocenters. The van der Waals surface area contributed by atoms with E-state index in [2.05, 4.69) is 18.4 Å². The number of hydrogen-bond donors (Lipinski definition) is 0. The highest BCUT2D eigenvalue weighted by Crippen LogP contribution is 2.39. The number of amides is 1. The van der Waals surface area contributed by atoms with Gasteiger partial charge in [0.05, 0.1) is 10.4 Å². The van der Waals surface area contributed by atoms with Crippen molar-refractivity contribution in [1.29, 1.82) is 0 Å². The van der Waals surface area contributed by atoms with E-state index < -0.39 is 0 Å². The Morgan fingerprint density at radius 2 is 2.07 bits per heavy atom. The maximum absolute atomic E-state index is 11.9. The fourth-order valence-corrected chi connectivity index (χ4v) is 2.83. The first-order valence-corrected chi connectivity index (χ1v) is 5.43. The summed E-state index contributed by atoms with van der Waals surface area (Å²) in [6, 6.07) is 0. The molecule has 0 fully saturated rings. The van der Waals surface area contributed by atoms with Crippen molar-refractivity contribution in [3.05, 3.63) is 27.5 Å². The van der Waals surface area contributed by atoms with Crippen LogP contribution in [0.2, 0.25) is 0 Å². The van der Waals surface area contributed by atoms with Crippen LogP contribution in [0.1, 0.15) is 32.6 Å². The molecule has 1 aliphatic heterocycles. The lowest BCUT2D eigenvalue weighted by Crippen LogP contribution is -2.17. The Bertz CT molecular complexity index is 528. The van der Waals surface area contributed by atoms with Gasteiger partial charge in [-0.1, -0.05) is 12.5 Å². The number of carbonyl (C=O) groups excluding carboxylic acids is 1. The maximum Gasteiger partial charge on any atom is 0.260 e. The number of carbonyl (C=O) groups is 1. The molecule has 76 valence electrons. The summed E-state index contributed by atoms with van der Waals surface area (Å²) < 4.78 is 0. The SMILES string of the molecule is C=C1c2c(C)sc(C#CC)c2C(=O)N1C. The molecule has 2 nitrogen and oxygen atoms in total. The average Bonchev–Trinajstić information content (AvgIpc) is 2.62. The van der Waals surface area contributed by atoms with Gasteiger partial charge in [0, 0.05) is 23.2 Å². The summed E-state index contributed by atoms with van der Waals surface area (Å²) in [4.78, 5) is 15.5. The van der Waals surface area contributed by atoms with Gasteiger partial charge in [-0.2, -0.15) is 0 Å². The number of nitrogens with zero attached hydrogens (tertiary/aromatic N) is 1. The topological polar surface area (TPSA) is 20.3 Å². The van der Waals surface area contributed by atoms with Crippen molar-refractivity contribution in [3.63, 3.8) is 0 Å². The summed E-state index contributed by atoms with van der Waals surface area (Å²) in [5.74, 6) is 5.83. The fourth-order valence-electron chi connectivity index (χ4n) is 1.76. The highest BCUT2D eigenvalue weighted by atomic mass is 32.1. The molecular weight excluding hydrogens is 206 g/mol. The third-order valence-corrected chi connectivity index (χ3v) is 3.56. The van der Waals surface area contributed by atoms with Crippen LogP contribution in [0.4, 0.5) is 0 Å². The number of rotatable bonds is 0. The molecule has 0 spiro atoms. The summed E-state index contributed by atoms with van der Waals surface area (Å²) in [5.41, 5.74) is 2.50. The van der Waals surface area contributed by atoms with Crippen LogP contribution in [-0.4, -0.2) is 17.9 Å². The van der Waals surface area contributed by atoms with Crippen LogP contribution in [0.15, 0.2) is 6.58 Å². The Morgan fingerprint density at radius 1 is 1.40 bits per heavy atom. The molecule has 0 aliphatic carbocycles. The van der Waals surface area contributed by atoms with Crippen LogP contribution in [0, 0.1) is 18.8 Å². The van der Waals surface area contributed by atoms with E-state index in [1.165, 1.54) is 0 Å². The van der Waals surface area contributed by atoms with Gasteiger partial charge in [-0.05, 0) is 13.8 Å². The molecule has 0 saturated heterocycles. The molecule has 1 aromatic rings. The van der Waals surface area contributed by atoms with E-state index in [0.29, 0.717) is 0 Å². The molecular formula is C12H11NOS. The number of thiophene rings is 1. The molecule has 2 rings (SSSR count). The summed E-state index contributed by atoms with van der Waals surface area (Å²) in [5, 5.41) is 0. The quantitative estimate of drug-likeness (QED) is 0.611. The summed E-state index contributed by atoms with van der Waals surface area (Å²) in [6.45, 7) is 7.70. The van der Waals surface area contributed by atoms with Crippen molar-refractivity contribution in [2.75, 3.05) is 7.05 Å².